The summed E-state index contributed by atoms with van der Waals surface area (Å²) in [6.07, 6.45) is 3.39. The van der Waals surface area contributed by atoms with Crippen molar-refractivity contribution in [3.8, 4) is 0 Å². The minimum atomic E-state index is -0.331. The van der Waals surface area contributed by atoms with E-state index in [0.717, 1.165) is 0 Å². The lowest BCUT2D eigenvalue weighted by molar-refractivity contribution is -0.139. The molecule has 2 aromatic rings. The predicted molar refractivity (Wildman–Crippen MR) is 58.1 cm³/mol. The van der Waals surface area contributed by atoms with Gasteiger partial charge < -0.3 is 4.74 Å². The largest absolute Gasteiger partial charge is 0.468 e. The second kappa shape index (κ2) is 4.48. The van der Waals surface area contributed by atoms with Crippen LogP contribution in [0.25, 0.3) is 5.78 Å². The fourth-order valence-corrected chi connectivity index (χ4v) is 1.91. The molecule has 2 heterocycles. The van der Waals surface area contributed by atoms with Gasteiger partial charge in [-0.1, -0.05) is 11.8 Å². The first kappa shape index (κ1) is 10.9. The van der Waals surface area contributed by atoms with Crippen molar-refractivity contribution in [2.45, 2.75) is 17.3 Å². The van der Waals surface area contributed by atoms with Gasteiger partial charge in [-0.3, -0.25) is 4.79 Å². The van der Waals surface area contributed by atoms with Crippen LogP contribution < -0.4 is 0 Å². The highest BCUT2D eigenvalue weighted by molar-refractivity contribution is 8.00. The van der Waals surface area contributed by atoms with E-state index < -0.39 is 0 Å². The molecule has 0 saturated heterocycles. The van der Waals surface area contributed by atoms with E-state index in [-0.39, 0.29) is 11.2 Å². The van der Waals surface area contributed by atoms with Crippen LogP contribution in [0.4, 0.5) is 0 Å². The van der Waals surface area contributed by atoms with Crippen molar-refractivity contribution in [1.82, 2.24) is 19.6 Å². The molecule has 0 saturated carbocycles. The molecule has 1 atom stereocenters. The first-order valence-electron chi connectivity index (χ1n) is 4.62. The van der Waals surface area contributed by atoms with Gasteiger partial charge in [0.05, 0.1) is 7.11 Å². The molecule has 0 amide bonds. The van der Waals surface area contributed by atoms with Crippen molar-refractivity contribution < 1.29 is 9.53 Å². The van der Waals surface area contributed by atoms with E-state index in [9.17, 15) is 4.79 Å². The number of carbonyl (C=O) groups excluding carboxylic acids is 1. The Hall–Kier alpha value is -1.63. The van der Waals surface area contributed by atoms with Crippen LogP contribution in [0.5, 0.6) is 0 Å². The smallest absolute Gasteiger partial charge is 0.318 e. The molecule has 0 spiro atoms. The van der Waals surface area contributed by atoms with Gasteiger partial charge in [0, 0.05) is 12.4 Å². The number of aromatic nitrogens is 4. The molecule has 7 heteroatoms. The summed E-state index contributed by atoms with van der Waals surface area (Å²) in [4.78, 5) is 19.4. The van der Waals surface area contributed by atoms with Crippen molar-refractivity contribution in [2.24, 2.45) is 0 Å². The van der Waals surface area contributed by atoms with E-state index in [1.807, 2.05) is 0 Å². The molecule has 0 unspecified atom stereocenters. The van der Waals surface area contributed by atoms with Crippen LogP contribution in [0.3, 0.4) is 0 Å². The van der Waals surface area contributed by atoms with E-state index in [2.05, 4.69) is 19.8 Å². The molecule has 84 valence electrons. The zero-order chi connectivity index (χ0) is 11.5. The van der Waals surface area contributed by atoms with Gasteiger partial charge in [0.25, 0.3) is 5.78 Å². The molecular weight excluding hydrogens is 228 g/mol. The van der Waals surface area contributed by atoms with E-state index >= 15 is 0 Å². The van der Waals surface area contributed by atoms with Gasteiger partial charge in [-0.2, -0.15) is 4.98 Å². The maximum absolute atomic E-state index is 11.2. The number of fused-ring (bicyclic) bond motifs is 1. The summed E-state index contributed by atoms with van der Waals surface area (Å²) in [7, 11) is 1.36. The van der Waals surface area contributed by atoms with E-state index in [1.54, 1.807) is 29.9 Å². The third kappa shape index (κ3) is 2.13. The summed E-state index contributed by atoms with van der Waals surface area (Å²) in [5.74, 6) is 0.221. The third-order valence-electron chi connectivity index (χ3n) is 1.91. The zero-order valence-corrected chi connectivity index (χ0v) is 9.64. The van der Waals surface area contributed by atoms with Crippen molar-refractivity contribution in [3.63, 3.8) is 0 Å². The minimum absolute atomic E-state index is 0.295. The number of methoxy groups -OCH3 is 1. The highest BCUT2D eigenvalue weighted by Gasteiger charge is 2.17. The average molecular weight is 238 g/mol. The van der Waals surface area contributed by atoms with Crippen molar-refractivity contribution in [1.29, 1.82) is 0 Å². The van der Waals surface area contributed by atoms with Crippen LogP contribution in [0.2, 0.25) is 0 Å². The summed E-state index contributed by atoms with van der Waals surface area (Å²) in [6.45, 7) is 1.75. The van der Waals surface area contributed by atoms with Crippen LogP contribution in [-0.2, 0) is 9.53 Å². The normalized spacial score (nSPS) is 12.6. The number of hydrogen-bond acceptors (Lipinski definition) is 6. The monoisotopic (exact) mass is 238 g/mol. The fraction of sp³-hybridized carbons (Fsp3) is 0.333. The SMILES string of the molecule is COC(=O)[C@@H](C)Sc1nc2ncccn2n1. The van der Waals surface area contributed by atoms with Crippen molar-refractivity contribution >= 4 is 23.5 Å². The molecule has 0 fully saturated rings. The lowest BCUT2D eigenvalue weighted by atomic mass is 10.5. The van der Waals surface area contributed by atoms with Crippen molar-refractivity contribution in [3.05, 3.63) is 18.5 Å². The molecule has 0 bridgehead atoms. The third-order valence-corrected chi connectivity index (χ3v) is 2.84. The van der Waals surface area contributed by atoms with Gasteiger partial charge in [0.1, 0.15) is 5.25 Å². The van der Waals surface area contributed by atoms with Gasteiger partial charge in [0.15, 0.2) is 0 Å². The van der Waals surface area contributed by atoms with E-state index in [0.29, 0.717) is 10.9 Å². The molecule has 0 aliphatic heterocycles. The van der Waals surface area contributed by atoms with Gasteiger partial charge >= 0.3 is 5.97 Å². The molecular formula is C9H10N4O2S. The zero-order valence-electron chi connectivity index (χ0n) is 8.82. The average Bonchev–Trinajstić information content (AvgIpc) is 2.69. The molecule has 0 aromatic carbocycles. The highest BCUT2D eigenvalue weighted by atomic mass is 32.2. The summed E-state index contributed by atoms with van der Waals surface area (Å²) >= 11 is 1.24. The Morgan fingerprint density at radius 2 is 2.44 bits per heavy atom. The van der Waals surface area contributed by atoms with Crippen LogP contribution in [0, 0.1) is 0 Å². The maximum Gasteiger partial charge on any atom is 0.318 e. The number of ether oxygens (including phenoxy) is 1. The number of esters is 1. The number of nitrogens with zero attached hydrogens (tertiary/aromatic N) is 4. The van der Waals surface area contributed by atoms with Gasteiger partial charge in [-0.15, -0.1) is 5.10 Å². The number of thioether (sulfide) groups is 1. The second-order valence-electron chi connectivity index (χ2n) is 3.04. The molecule has 0 radical (unpaired) electrons. The van der Waals surface area contributed by atoms with Gasteiger partial charge in [0.2, 0.25) is 5.16 Å². The molecule has 16 heavy (non-hydrogen) atoms. The lowest BCUT2D eigenvalue weighted by Gasteiger charge is -2.04. The first-order valence-corrected chi connectivity index (χ1v) is 5.50. The molecule has 2 rings (SSSR count). The molecule has 0 aliphatic carbocycles. The summed E-state index contributed by atoms with van der Waals surface area (Å²) in [6, 6.07) is 1.76. The molecule has 0 N–H and O–H groups in total. The quantitative estimate of drug-likeness (QED) is 0.581. The van der Waals surface area contributed by atoms with Crippen LogP contribution in [-0.4, -0.2) is 37.9 Å². The van der Waals surface area contributed by atoms with Crippen LogP contribution in [0.15, 0.2) is 23.6 Å². The number of carbonyl (C=O) groups is 1. The van der Waals surface area contributed by atoms with Crippen LogP contribution in [0.1, 0.15) is 6.92 Å². The summed E-state index contributed by atoms with van der Waals surface area (Å²) < 4.78 is 6.18. The minimum Gasteiger partial charge on any atom is -0.468 e. The Morgan fingerprint density at radius 3 is 3.12 bits per heavy atom. The second-order valence-corrected chi connectivity index (χ2v) is 4.35. The first-order chi connectivity index (χ1) is 7.70. The summed E-state index contributed by atoms with van der Waals surface area (Å²) in [5, 5.41) is 4.35. The fourth-order valence-electron chi connectivity index (χ4n) is 1.14. The Kier molecular flexibility index (Phi) is 3.04. The van der Waals surface area contributed by atoms with Gasteiger partial charge in [-0.25, -0.2) is 9.50 Å². The van der Waals surface area contributed by atoms with Crippen molar-refractivity contribution in [2.75, 3.05) is 7.11 Å². The maximum atomic E-state index is 11.2. The lowest BCUT2D eigenvalue weighted by Crippen LogP contribution is -2.14. The van der Waals surface area contributed by atoms with Crippen LogP contribution >= 0.6 is 11.8 Å². The summed E-state index contributed by atoms with van der Waals surface area (Å²) in [5.41, 5.74) is 0. The Morgan fingerprint density at radius 1 is 1.62 bits per heavy atom. The van der Waals surface area contributed by atoms with Gasteiger partial charge in [-0.05, 0) is 13.0 Å². The highest BCUT2D eigenvalue weighted by Crippen LogP contribution is 2.20. The predicted octanol–water partition coefficient (Wildman–Crippen LogP) is 0.778. The topological polar surface area (TPSA) is 69.4 Å². The standard InChI is InChI=1S/C9H10N4O2S/c1-6(7(14)15-2)16-9-11-8-10-4-3-5-13(8)12-9/h3-6H,1-2H3/t6-/m1/s1. The van der Waals surface area contributed by atoms with E-state index in [1.165, 1.54) is 18.9 Å². The molecule has 2 aromatic heterocycles. The number of rotatable bonds is 3. The Labute approximate surface area is 96.0 Å². The number of hydrogen-bond donors (Lipinski definition) is 0. The molecule has 6 nitrogen and oxygen atoms in total. The molecule has 0 aliphatic rings. The Balaban J connectivity index is 2.18. The van der Waals surface area contributed by atoms with E-state index in [4.69, 9.17) is 0 Å². The Bertz CT molecular complexity index is 480.